The van der Waals surface area contributed by atoms with Crippen LogP contribution >= 0.6 is 0 Å². The van der Waals surface area contributed by atoms with Gasteiger partial charge in [-0.2, -0.15) is 0 Å². The molecule has 0 amide bonds. The van der Waals surface area contributed by atoms with Crippen LogP contribution < -0.4 is 0 Å². The van der Waals surface area contributed by atoms with Crippen LogP contribution in [0.3, 0.4) is 0 Å². The van der Waals surface area contributed by atoms with Gasteiger partial charge >= 0.3 is 5.97 Å². The summed E-state index contributed by atoms with van der Waals surface area (Å²) in [4.78, 5) is 10.3. The third-order valence-electron chi connectivity index (χ3n) is 4.27. The molecular weight excluding hydrogens is 344 g/mol. The molecule has 0 aliphatic rings. The lowest BCUT2D eigenvalue weighted by molar-refractivity contribution is -0.137. The molecule has 0 aliphatic heterocycles. The third kappa shape index (κ3) is 30.1. The molecule has 1 unspecified atom stereocenters. The summed E-state index contributed by atoms with van der Waals surface area (Å²) in [5.74, 6) is -0.689. The van der Waals surface area contributed by atoms with Crippen LogP contribution in [0.25, 0.3) is 0 Å². The maximum atomic E-state index is 10.3. The zero-order valence-corrected chi connectivity index (χ0v) is 17.6. The molecule has 0 fully saturated rings. The summed E-state index contributed by atoms with van der Waals surface area (Å²) in [6.07, 6.45) is 17.6. The quantitative estimate of drug-likeness (QED) is 0.156. The first-order chi connectivity index (χ1) is 12.9. The van der Waals surface area contributed by atoms with Gasteiger partial charge in [0.25, 0.3) is 0 Å². The number of hydrogen-bond acceptors (Lipinski definition) is 4. The molecule has 4 N–H and O–H groups in total. The van der Waals surface area contributed by atoms with Crippen molar-refractivity contribution in [3.63, 3.8) is 0 Å². The molecule has 1 atom stereocenters. The number of carbonyl (C=O) groups is 1. The number of hydrogen-bond donors (Lipinski definition) is 4. The Balaban J connectivity index is 0. The molecule has 5 heteroatoms. The summed E-state index contributed by atoms with van der Waals surface area (Å²) >= 11 is 0. The number of rotatable bonds is 17. The fraction of sp³-hybridized carbons (Fsp3) is 0.864. The summed E-state index contributed by atoms with van der Waals surface area (Å²) < 4.78 is 0. The van der Waals surface area contributed by atoms with Crippen molar-refractivity contribution in [2.24, 2.45) is 0 Å². The minimum atomic E-state index is -1.10. The summed E-state index contributed by atoms with van der Waals surface area (Å²) in [6.45, 7) is 4.10. The molecule has 27 heavy (non-hydrogen) atoms. The number of aliphatic carboxylic acids is 1. The predicted molar refractivity (Wildman–Crippen MR) is 112 cm³/mol. The molecule has 0 saturated heterocycles. The highest BCUT2D eigenvalue weighted by molar-refractivity contribution is 5.66. The average Bonchev–Trinajstić information content (AvgIpc) is 2.60. The van der Waals surface area contributed by atoms with Crippen LogP contribution in [-0.4, -0.2) is 38.8 Å². The van der Waals surface area contributed by atoms with Crippen LogP contribution in [0, 0.1) is 0 Å². The highest BCUT2D eigenvalue weighted by atomic mass is 16.5. The second-order valence-electron chi connectivity index (χ2n) is 7.18. The van der Waals surface area contributed by atoms with Gasteiger partial charge in [0.1, 0.15) is 0 Å². The number of allylic oxidation sites excluding steroid dienone is 1. The molecule has 0 bridgehead atoms. The summed E-state index contributed by atoms with van der Waals surface area (Å²) in [6, 6.07) is 0. The van der Waals surface area contributed by atoms with E-state index in [0.29, 0.717) is 12.8 Å². The van der Waals surface area contributed by atoms with Crippen LogP contribution in [0.5, 0.6) is 0 Å². The predicted octanol–water partition coefficient (Wildman–Crippen LogP) is 5.18. The minimum Gasteiger partial charge on any atom is -0.481 e. The van der Waals surface area contributed by atoms with Crippen LogP contribution in [0.4, 0.5) is 0 Å². The molecule has 0 aromatic rings. The second-order valence-corrected chi connectivity index (χ2v) is 7.18. The van der Waals surface area contributed by atoms with Crippen molar-refractivity contribution >= 4 is 5.97 Å². The first-order valence-corrected chi connectivity index (χ1v) is 10.8. The minimum absolute atomic E-state index is 0.172. The summed E-state index contributed by atoms with van der Waals surface area (Å²) in [5.41, 5.74) is 0. The van der Waals surface area contributed by atoms with Crippen molar-refractivity contribution < 1.29 is 25.2 Å². The van der Waals surface area contributed by atoms with Crippen LogP contribution in [-0.2, 0) is 4.79 Å². The Morgan fingerprint density at radius 1 is 0.778 bits per heavy atom. The SMILES string of the molecule is CCCC(O)O.CCCCCCC(O)C/C=C\CCCCCCCC(=O)O. The zero-order chi connectivity index (χ0) is 20.8. The van der Waals surface area contributed by atoms with Crippen molar-refractivity contribution in [3.05, 3.63) is 12.2 Å². The van der Waals surface area contributed by atoms with E-state index in [0.717, 1.165) is 57.8 Å². The third-order valence-corrected chi connectivity index (χ3v) is 4.27. The van der Waals surface area contributed by atoms with E-state index in [1.807, 2.05) is 6.92 Å². The molecule has 0 spiro atoms. The van der Waals surface area contributed by atoms with E-state index in [1.54, 1.807) is 0 Å². The van der Waals surface area contributed by atoms with Gasteiger partial charge in [0.2, 0.25) is 0 Å². The highest BCUT2D eigenvalue weighted by Crippen LogP contribution is 2.10. The van der Waals surface area contributed by atoms with Gasteiger partial charge < -0.3 is 20.4 Å². The van der Waals surface area contributed by atoms with Crippen molar-refractivity contribution in [1.82, 2.24) is 0 Å². The monoisotopic (exact) mass is 388 g/mol. The van der Waals surface area contributed by atoms with Gasteiger partial charge in [-0.25, -0.2) is 0 Å². The Morgan fingerprint density at radius 3 is 1.96 bits per heavy atom. The molecule has 0 radical (unpaired) electrons. The lowest BCUT2D eigenvalue weighted by Gasteiger charge is -2.07. The van der Waals surface area contributed by atoms with Gasteiger partial charge in [-0.05, 0) is 38.5 Å². The largest absolute Gasteiger partial charge is 0.481 e. The average molecular weight is 389 g/mol. The van der Waals surface area contributed by atoms with E-state index in [2.05, 4.69) is 19.1 Å². The first kappa shape index (κ1) is 28.3. The van der Waals surface area contributed by atoms with Crippen molar-refractivity contribution in [1.29, 1.82) is 0 Å². The van der Waals surface area contributed by atoms with Gasteiger partial charge in [-0.15, -0.1) is 0 Å². The zero-order valence-electron chi connectivity index (χ0n) is 17.6. The van der Waals surface area contributed by atoms with Crippen LogP contribution in [0.15, 0.2) is 12.2 Å². The van der Waals surface area contributed by atoms with E-state index >= 15 is 0 Å². The molecule has 5 nitrogen and oxygen atoms in total. The topological polar surface area (TPSA) is 98.0 Å². The number of aliphatic hydroxyl groups is 3. The van der Waals surface area contributed by atoms with E-state index in [9.17, 15) is 9.90 Å². The van der Waals surface area contributed by atoms with Crippen LogP contribution in [0.2, 0.25) is 0 Å². The van der Waals surface area contributed by atoms with Gasteiger partial charge in [-0.3, -0.25) is 4.79 Å². The molecule has 0 rings (SSSR count). The highest BCUT2D eigenvalue weighted by Gasteiger charge is 2.00. The normalized spacial score (nSPS) is 12.2. The maximum absolute atomic E-state index is 10.3. The van der Waals surface area contributed by atoms with Gasteiger partial charge in [0.05, 0.1) is 6.10 Å². The first-order valence-electron chi connectivity index (χ1n) is 10.8. The Morgan fingerprint density at radius 2 is 1.41 bits per heavy atom. The number of carboxylic acid groups (broad SMARTS) is 1. The smallest absolute Gasteiger partial charge is 0.303 e. The molecular formula is C22H44O5. The molecule has 0 aromatic carbocycles. The molecule has 0 saturated carbocycles. The fourth-order valence-electron chi connectivity index (χ4n) is 2.62. The van der Waals surface area contributed by atoms with E-state index in [4.69, 9.17) is 15.3 Å². The lowest BCUT2D eigenvalue weighted by Crippen LogP contribution is -2.04. The molecule has 0 aromatic heterocycles. The van der Waals surface area contributed by atoms with Crippen molar-refractivity contribution in [3.8, 4) is 0 Å². The number of aliphatic hydroxyl groups excluding tert-OH is 2. The van der Waals surface area contributed by atoms with Gasteiger partial charge in [0, 0.05) is 6.42 Å². The van der Waals surface area contributed by atoms with E-state index in [1.165, 1.54) is 25.7 Å². The van der Waals surface area contributed by atoms with E-state index < -0.39 is 12.3 Å². The Hall–Kier alpha value is -0.910. The summed E-state index contributed by atoms with van der Waals surface area (Å²) in [5, 5.41) is 34.5. The van der Waals surface area contributed by atoms with Gasteiger partial charge in [-0.1, -0.05) is 77.4 Å². The number of carboxylic acids is 1. The Kier molecular flexibility index (Phi) is 24.2. The Labute approximate surface area is 166 Å². The van der Waals surface area contributed by atoms with Crippen molar-refractivity contribution in [2.75, 3.05) is 0 Å². The summed E-state index contributed by atoms with van der Waals surface area (Å²) in [7, 11) is 0. The standard InChI is InChI=1S/C18H34O3.C4H10O2/c1-2-3-4-11-14-17(19)15-12-9-7-5-6-8-10-13-16-18(20)21;1-2-3-4(5)6/h9,12,17,19H,2-8,10-11,13-16H2,1H3,(H,20,21);4-6H,2-3H2,1H3/b12-9-;. The molecule has 0 heterocycles. The second kappa shape index (κ2) is 23.1. The van der Waals surface area contributed by atoms with Gasteiger partial charge in [0.15, 0.2) is 6.29 Å². The number of unbranched alkanes of at least 4 members (excludes halogenated alkanes) is 8. The maximum Gasteiger partial charge on any atom is 0.303 e. The van der Waals surface area contributed by atoms with Crippen molar-refractivity contribution in [2.45, 2.75) is 123 Å². The fourth-order valence-corrected chi connectivity index (χ4v) is 2.62. The molecule has 162 valence electrons. The van der Waals surface area contributed by atoms with E-state index in [-0.39, 0.29) is 6.10 Å². The molecule has 0 aliphatic carbocycles. The lowest BCUT2D eigenvalue weighted by atomic mass is 10.1. The van der Waals surface area contributed by atoms with Crippen LogP contribution in [0.1, 0.15) is 110 Å². The Bertz CT molecular complexity index is 329.